The van der Waals surface area contributed by atoms with Crippen LogP contribution in [0.15, 0.2) is 48.5 Å². The number of rotatable bonds is 5. The number of aromatic nitrogens is 2. The molecule has 0 aliphatic carbocycles. The summed E-state index contributed by atoms with van der Waals surface area (Å²) in [6.45, 7) is 9.34. The molecule has 4 heteroatoms. The van der Waals surface area contributed by atoms with Crippen molar-refractivity contribution >= 4 is 17.4 Å². The number of nitrogens with one attached hydrogen (secondary N) is 1. The van der Waals surface area contributed by atoms with Gasteiger partial charge in [-0.2, -0.15) is 0 Å². The second-order valence-electron chi connectivity index (χ2n) is 7.50. The van der Waals surface area contributed by atoms with Gasteiger partial charge in [-0.15, -0.1) is 0 Å². The number of carbonyl (C=O) groups is 1. The van der Waals surface area contributed by atoms with Crippen LogP contribution in [0.1, 0.15) is 50.7 Å². The molecule has 0 aliphatic heterocycles. The van der Waals surface area contributed by atoms with Crippen LogP contribution in [0.4, 0.5) is 0 Å². The number of benzene rings is 2. The van der Waals surface area contributed by atoms with Crippen molar-refractivity contribution in [1.29, 1.82) is 0 Å². The van der Waals surface area contributed by atoms with Crippen molar-refractivity contribution in [2.75, 3.05) is 0 Å². The Bertz CT molecular complexity index is 872. The minimum Gasteiger partial charge on any atom is -0.349 e. The molecule has 1 atom stereocenters. The van der Waals surface area contributed by atoms with E-state index in [-0.39, 0.29) is 11.5 Å². The number of imidazole rings is 1. The van der Waals surface area contributed by atoms with Gasteiger partial charge in [0.25, 0.3) is 0 Å². The minimum absolute atomic E-state index is 0.140. The minimum atomic E-state index is -0.140. The highest BCUT2D eigenvalue weighted by atomic mass is 16.1. The summed E-state index contributed by atoms with van der Waals surface area (Å²) in [6, 6.07) is 16.7. The summed E-state index contributed by atoms with van der Waals surface area (Å²) in [5.74, 6) is 0.869. The number of para-hydroxylation sites is 2. The zero-order valence-corrected chi connectivity index (χ0v) is 15.3. The molecule has 1 heterocycles. The maximum atomic E-state index is 10.9. The zero-order chi connectivity index (χ0) is 18.0. The van der Waals surface area contributed by atoms with E-state index in [2.05, 4.69) is 61.0 Å². The molecule has 3 aromatic rings. The van der Waals surface area contributed by atoms with E-state index in [9.17, 15) is 4.79 Å². The number of hydrogen-bond acceptors (Lipinski definition) is 2. The third-order valence-corrected chi connectivity index (χ3v) is 4.55. The second kappa shape index (κ2) is 6.71. The molecule has 0 aliphatic rings. The Hall–Kier alpha value is -2.62. The third kappa shape index (κ3) is 3.58. The molecule has 25 heavy (non-hydrogen) atoms. The molecular weight excluding hydrogens is 310 g/mol. The molecule has 2 aromatic carbocycles. The van der Waals surface area contributed by atoms with Gasteiger partial charge in [0, 0.05) is 6.54 Å². The van der Waals surface area contributed by atoms with E-state index in [4.69, 9.17) is 4.98 Å². The molecule has 0 radical (unpaired) electrons. The van der Waals surface area contributed by atoms with Gasteiger partial charge in [0.05, 0.1) is 17.1 Å². The lowest BCUT2D eigenvalue weighted by Crippen LogP contribution is -2.21. The summed E-state index contributed by atoms with van der Waals surface area (Å²) in [6.07, 6.45) is 0.729. The normalized spacial score (nSPS) is 13.0. The number of fused-ring (bicyclic) bond motifs is 1. The van der Waals surface area contributed by atoms with E-state index in [0.29, 0.717) is 0 Å². The Balaban J connectivity index is 1.99. The SMILES string of the molecule is CC(NC=O)c1nc2ccccc2n1Cc1ccc(C(C)(C)C)cc1. The van der Waals surface area contributed by atoms with E-state index in [1.54, 1.807) is 0 Å². The average Bonchev–Trinajstić information content (AvgIpc) is 2.94. The van der Waals surface area contributed by atoms with E-state index < -0.39 is 0 Å². The maximum Gasteiger partial charge on any atom is 0.207 e. The van der Waals surface area contributed by atoms with Gasteiger partial charge in [0.1, 0.15) is 5.82 Å². The monoisotopic (exact) mass is 335 g/mol. The first-order chi connectivity index (χ1) is 11.9. The Morgan fingerprint density at radius 2 is 1.80 bits per heavy atom. The van der Waals surface area contributed by atoms with Gasteiger partial charge >= 0.3 is 0 Å². The molecule has 130 valence electrons. The molecule has 0 spiro atoms. The molecule has 3 rings (SSSR count). The van der Waals surface area contributed by atoms with Crippen molar-refractivity contribution in [3.8, 4) is 0 Å². The Morgan fingerprint density at radius 3 is 2.44 bits per heavy atom. The molecule has 1 N–H and O–H groups in total. The molecular formula is C21H25N3O. The van der Waals surface area contributed by atoms with Crippen molar-refractivity contribution in [3.63, 3.8) is 0 Å². The topological polar surface area (TPSA) is 46.9 Å². The van der Waals surface area contributed by atoms with Crippen molar-refractivity contribution < 1.29 is 4.79 Å². The van der Waals surface area contributed by atoms with Gasteiger partial charge in [0.2, 0.25) is 6.41 Å². The predicted molar refractivity (Wildman–Crippen MR) is 102 cm³/mol. The molecule has 0 saturated heterocycles. The highest BCUT2D eigenvalue weighted by Crippen LogP contribution is 2.25. The van der Waals surface area contributed by atoms with Gasteiger partial charge in [-0.25, -0.2) is 4.98 Å². The Labute approximate surface area is 148 Å². The molecule has 1 unspecified atom stereocenters. The van der Waals surface area contributed by atoms with Crippen LogP contribution in [0.2, 0.25) is 0 Å². The van der Waals surface area contributed by atoms with Gasteiger partial charge in [0.15, 0.2) is 0 Å². The summed E-state index contributed by atoms with van der Waals surface area (Å²) >= 11 is 0. The number of amides is 1. The van der Waals surface area contributed by atoms with Gasteiger partial charge in [-0.1, -0.05) is 57.2 Å². The first kappa shape index (κ1) is 17.2. The third-order valence-electron chi connectivity index (χ3n) is 4.55. The Morgan fingerprint density at radius 1 is 1.12 bits per heavy atom. The van der Waals surface area contributed by atoms with Crippen molar-refractivity contribution in [1.82, 2.24) is 14.9 Å². The van der Waals surface area contributed by atoms with E-state index in [1.807, 2.05) is 25.1 Å². The van der Waals surface area contributed by atoms with E-state index in [1.165, 1.54) is 11.1 Å². The first-order valence-electron chi connectivity index (χ1n) is 8.64. The summed E-state index contributed by atoms with van der Waals surface area (Å²) in [5, 5.41) is 2.81. The van der Waals surface area contributed by atoms with Crippen LogP contribution in [0.3, 0.4) is 0 Å². The van der Waals surface area contributed by atoms with E-state index >= 15 is 0 Å². The van der Waals surface area contributed by atoms with Crippen molar-refractivity contribution in [2.45, 2.75) is 45.7 Å². The second-order valence-corrected chi connectivity index (χ2v) is 7.50. The highest BCUT2D eigenvalue weighted by molar-refractivity contribution is 5.76. The Kier molecular flexibility index (Phi) is 4.62. The van der Waals surface area contributed by atoms with Crippen LogP contribution in [0.5, 0.6) is 0 Å². The van der Waals surface area contributed by atoms with Crippen molar-refractivity contribution in [3.05, 3.63) is 65.5 Å². The molecule has 0 saturated carbocycles. The smallest absolute Gasteiger partial charge is 0.207 e. The quantitative estimate of drug-likeness (QED) is 0.711. The fraction of sp³-hybridized carbons (Fsp3) is 0.333. The predicted octanol–water partition coefficient (Wildman–Crippen LogP) is 4.19. The lowest BCUT2D eigenvalue weighted by molar-refractivity contribution is -0.110. The molecule has 4 nitrogen and oxygen atoms in total. The van der Waals surface area contributed by atoms with Crippen LogP contribution in [0, 0.1) is 0 Å². The van der Waals surface area contributed by atoms with Crippen LogP contribution < -0.4 is 5.32 Å². The summed E-state index contributed by atoms with van der Waals surface area (Å²) in [4.78, 5) is 15.6. The van der Waals surface area contributed by atoms with Crippen LogP contribution in [-0.2, 0) is 16.8 Å². The van der Waals surface area contributed by atoms with E-state index in [0.717, 1.165) is 29.8 Å². The number of nitrogens with zero attached hydrogens (tertiary/aromatic N) is 2. The van der Waals surface area contributed by atoms with Crippen molar-refractivity contribution in [2.24, 2.45) is 0 Å². The average molecular weight is 335 g/mol. The molecule has 1 amide bonds. The summed E-state index contributed by atoms with van der Waals surface area (Å²) in [5.41, 5.74) is 4.72. The largest absolute Gasteiger partial charge is 0.349 e. The number of carbonyl (C=O) groups excluding carboxylic acids is 1. The van der Waals surface area contributed by atoms with Gasteiger partial charge in [-0.3, -0.25) is 4.79 Å². The summed E-state index contributed by atoms with van der Waals surface area (Å²) in [7, 11) is 0. The lowest BCUT2D eigenvalue weighted by Gasteiger charge is -2.19. The fourth-order valence-corrected chi connectivity index (χ4v) is 3.06. The standard InChI is InChI=1S/C21H25N3O/c1-15(22-14-25)20-23-18-7-5-6-8-19(18)24(20)13-16-9-11-17(12-10-16)21(2,3)4/h5-12,14-15H,13H2,1-4H3,(H,22,25). The summed E-state index contributed by atoms with van der Waals surface area (Å²) < 4.78 is 2.18. The van der Waals surface area contributed by atoms with Gasteiger partial charge < -0.3 is 9.88 Å². The molecule has 0 bridgehead atoms. The zero-order valence-electron chi connectivity index (χ0n) is 15.3. The lowest BCUT2D eigenvalue weighted by atomic mass is 9.87. The van der Waals surface area contributed by atoms with Crippen LogP contribution in [0.25, 0.3) is 11.0 Å². The maximum absolute atomic E-state index is 10.9. The van der Waals surface area contributed by atoms with Gasteiger partial charge in [-0.05, 0) is 35.6 Å². The first-order valence-corrected chi connectivity index (χ1v) is 8.64. The molecule has 0 fully saturated rings. The highest BCUT2D eigenvalue weighted by Gasteiger charge is 2.17. The fourth-order valence-electron chi connectivity index (χ4n) is 3.06. The van der Waals surface area contributed by atoms with Crippen LogP contribution in [-0.4, -0.2) is 16.0 Å². The number of hydrogen-bond donors (Lipinski definition) is 1. The molecule has 1 aromatic heterocycles. The van der Waals surface area contributed by atoms with Crippen LogP contribution >= 0.6 is 0 Å².